The normalized spacial score (nSPS) is 11.9. The zero-order valence-electron chi connectivity index (χ0n) is 19.7. The molecule has 0 aliphatic rings. The summed E-state index contributed by atoms with van der Waals surface area (Å²) in [7, 11) is 0. The molecule has 0 bridgehead atoms. The second kappa shape index (κ2) is 9.71. The minimum absolute atomic E-state index is 0.292. The van der Waals surface area contributed by atoms with Crippen molar-refractivity contribution in [2.24, 2.45) is 4.99 Å². The van der Waals surface area contributed by atoms with Gasteiger partial charge in [0.1, 0.15) is 5.58 Å². The van der Waals surface area contributed by atoms with E-state index in [0.717, 1.165) is 9.86 Å². The van der Waals surface area contributed by atoms with Crippen molar-refractivity contribution in [1.82, 2.24) is 19.1 Å². The number of thiazole rings is 1. The summed E-state index contributed by atoms with van der Waals surface area (Å²) >= 11 is 10.8. The molecule has 11 heteroatoms. The lowest BCUT2D eigenvalue weighted by Gasteiger charge is -2.10. The molecule has 188 valence electrons. The van der Waals surface area contributed by atoms with E-state index in [1.54, 1.807) is 71.6 Å². The van der Waals surface area contributed by atoms with Gasteiger partial charge in [-0.25, -0.2) is 19.3 Å². The van der Waals surface area contributed by atoms with Crippen LogP contribution in [0.5, 0.6) is 0 Å². The van der Waals surface area contributed by atoms with Gasteiger partial charge in [-0.3, -0.25) is 0 Å². The highest BCUT2D eigenvalue weighted by Crippen LogP contribution is 2.23. The Bertz CT molecular complexity index is 2000. The molecule has 3 heterocycles. The van der Waals surface area contributed by atoms with Crippen LogP contribution in [0.25, 0.3) is 27.9 Å². The van der Waals surface area contributed by atoms with Crippen LogP contribution in [0.1, 0.15) is 5.82 Å². The molecule has 0 N–H and O–H groups in total. The number of aromatic nitrogens is 4. The first-order valence-corrected chi connectivity index (χ1v) is 13.4. The van der Waals surface area contributed by atoms with Gasteiger partial charge in [-0.2, -0.15) is 9.36 Å². The predicted molar refractivity (Wildman–Crippen MR) is 152 cm³/mol. The summed E-state index contributed by atoms with van der Waals surface area (Å²) in [5.41, 5.74) is 1.49. The molecular weight excluding hydrogens is 590 g/mol. The number of hydrogen-bond donors (Lipinski definition) is 0. The molecule has 8 nitrogen and oxygen atoms in total. The molecule has 3 aromatic carbocycles. The van der Waals surface area contributed by atoms with Gasteiger partial charge >= 0.3 is 11.3 Å². The number of nitrogens with zero attached hydrogens (tertiary/aromatic N) is 5. The molecule has 0 unspecified atom stereocenters. The van der Waals surface area contributed by atoms with E-state index in [0.29, 0.717) is 43.9 Å². The maximum absolute atomic E-state index is 13.8. The first kappa shape index (κ1) is 24.4. The highest BCUT2D eigenvalue weighted by atomic mass is 79.9. The number of para-hydroxylation sites is 1. The van der Waals surface area contributed by atoms with Gasteiger partial charge in [0.2, 0.25) is 4.80 Å². The summed E-state index contributed by atoms with van der Waals surface area (Å²) in [5, 5.41) is 7.62. The molecule has 6 aromatic rings. The maximum Gasteiger partial charge on any atom is 0.370 e. The van der Waals surface area contributed by atoms with E-state index in [9.17, 15) is 9.59 Å². The minimum Gasteiger partial charge on any atom is -0.422 e. The minimum atomic E-state index is -0.528. The lowest BCUT2D eigenvalue weighted by atomic mass is 10.1. The topological polar surface area (TPSA) is 87.3 Å². The van der Waals surface area contributed by atoms with E-state index >= 15 is 0 Å². The van der Waals surface area contributed by atoms with E-state index in [1.807, 2.05) is 24.3 Å². The summed E-state index contributed by atoms with van der Waals surface area (Å²) in [4.78, 5) is 32.1. The van der Waals surface area contributed by atoms with Gasteiger partial charge in [0.25, 0.3) is 0 Å². The molecule has 3 aromatic heterocycles. The fourth-order valence-corrected chi connectivity index (χ4v) is 5.33. The van der Waals surface area contributed by atoms with Crippen molar-refractivity contribution >= 4 is 55.5 Å². The van der Waals surface area contributed by atoms with E-state index < -0.39 is 11.3 Å². The van der Waals surface area contributed by atoms with Crippen LogP contribution in [0.3, 0.4) is 0 Å². The third-order valence-corrected chi connectivity index (χ3v) is 7.44. The standard InChI is InChI=1S/C27H17BrClN5O3S/c1-16-31-32(21-12-6-18(28)7-13-21)27(36)33(16)34-23(15-38-26(34)30-20-10-8-19(29)9-11-20)22-14-17-4-2-3-5-24(17)37-25(22)35/h2-15H,1H3. The van der Waals surface area contributed by atoms with Crippen LogP contribution in [0, 0.1) is 6.92 Å². The average Bonchev–Trinajstić information content (AvgIpc) is 3.44. The molecule has 0 amide bonds. The van der Waals surface area contributed by atoms with Gasteiger partial charge in [-0.1, -0.05) is 45.7 Å². The van der Waals surface area contributed by atoms with Crippen molar-refractivity contribution in [1.29, 1.82) is 0 Å². The SMILES string of the molecule is Cc1nn(-c2ccc(Br)cc2)c(=O)n1-n1c(-c2cc3ccccc3oc2=O)csc1=Nc1ccc(Cl)cc1. The van der Waals surface area contributed by atoms with Crippen LogP contribution in [-0.4, -0.2) is 19.1 Å². The Kier molecular flexibility index (Phi) is 6.22. The van der Waals surface area contributed by atoms with Crippen molar-refractivity contribution in [3.8, 4) is 16.9 Å². The maximum atomic E-state index is 13.8. The summed E-state index contributed by atoms with van der Waals surface area (Å²) in [5.74, 6) is 0.403. The second-order valence-electron chi connectivity index (χ2n) is 8.32. The average molecular weight is 607 g/mol. The van der Waals surface area contributed by atoms with Crippen LogP contribution in [0.15, 0.2) is 108 Å². The Morgan fingerprint density at radius 2 is 1.71 bits per heavy atom. The van der Waals surface area contributed by atoms with Gasteiger partial charge < -0.3 is 4.42 Å². The van der Waals surface area contributed by atoms with Crippen LogP contribution in [-0.2, 0) is 0 Å². The molecule has 6 rings (SSSR count). The summed E-state index contributed by atoms with van der Waals surface area (Å²) < 4.78 is 10.8. The van der Waals surface area contributed by atoms with Crippen molar-refractivity contribution in [2.75, 3.05) is 0 Å². The third kappa shape index (κ3) is 4.36. The highest BCUT2D eigenvalue weighted by Gasteiger charge is 2.21. The Hall–Kier alpha value is -3.99. The summed E-state index contributed by atoms with van der Waals surface area (Å²) in [6.07, 6.45) is 0. The third-order valence-electron chi connectivity index (χ3n) is 5.84. The summed E-state index contributed by atoms with van der Waals surface area (Å²) in [6, 6.07) is 23.3. The van der Waals surface area contributed by atoms with Gasteiger partial charge in [-0.15, -0.1) is 16.4 Å². The van der Waals surface area contributed by atoms with Crippen molar-refractivity contribution in [2.45, 2.75) is 6.92 Å². The van der Waals surface area contributed by atoms with Gasteiger partial charge in [-0.05, 0) is 67.6 Å². The molecule has 0 spiro atoms. The largest absolute Gasteiger partial charge is 0.422 e. The zero-order valence-corrected chi connectivity index (χ0v) is 22.9. The van der Waals surface area contributed by atoms with E-state index in [2.05, 4.69) is 21.0 Å². The first-order chi connectivity index (χ1) is 18.4. The van der Waals surface area contributed by atoms with Crippen LogP contribution >= 0.6 is 38.9 Å². The first-order valence-electron chi connectivity index (χ1n) is 11.4. The Balaban J connectivity index is 1.64. The molecule has 38 heavy (non-hydrogen) atoms. The Morgan fingerprint density at radius 3 is 2.47 bits per heavy atom. The predicted octanol–water partition coefficient (Wildman–Crippen LogP) is 5.94. The molecule has 0 saturated carbocycles. The van der Waals surface area contributed by atoms with Crippen LogP contribution < -0.4 is 16.1 Å². The quantitative estimate of drug-likeness (QED) is 0.233. The number of fused-ring (bicyclic) bond motifs is 1. The Morgan fingerprint density at radius 1 is 0.974 bits per heavy atom. The van der Waals surface area contributed by atoms with Crippen LogP contribution in [0.4, 0.5) is 5.69 Å². The van der Waals surface area contributed by atoms with Crippen molar-refractivity contribution in [3.63, 3.8) is 0 Å². The van der Waals surface area contributed by atoms with E-state index in [-0.39, 0.29) is 0 Å². The molecule has 0 aliphatic heterocycles. The molecule has 0 radical (unpaired) electrons. The van der Waals surface area contributed by atoms with Gasteiger partial charge in [0, 0.05) is 20.3 Å². The molecule has 0 fully saturated rings. The number of aryl methyl sites for hydroxylation is 1. The smallest absolute Gasteiger partial charge is 0.370 e. The Labute approximate surface area is 232 Å². The zero-order chi connectivity index (χ0) is 26.4. The highest BCUT2D eigenvalue weighted by molar-refractivity contribution is 9.10. The fourth-order valence-electron chi connectivity index (χ4n) is 4.06. The monoisotopic (exact) mass is 605 g/mol. The molecule has 0 atom stereocenters. The molecule has 0 aliphatic carbocycles. The lowest BCUT2D eigenvalue weighted by molar-refractivity contribution is 0.557. The number of halogens is 2. The van der Waals surface area contributed by atoms with Crippen LogP contribution in [0.2, 0.25) is 5.02 Å². The van der Waals surface area contributed by atoms with Gasteiger partial charge in [0.15, 0.2) is 5.82 Å². The fraction of sp³-hybridized carbons (Fsp3) is 0.0370. The van der Waals surface area contributed by atoms with E-state index in [4.69, 9.17) is 21.0 Å². The van der Waals surface area contributed by atoms with Crippen molar-refractivity contribution in [3.05, 3.63) is 125 Å². The van der Waals surface area contributed by atoms with E-state index in [1.165, 1.54) is 20.7 Å². The molecular formula is C27H17BrClN5O3S. The number of hydrogen-bond acceptors (Lipinski definition) is 6. The van der Waals surface area contributed by atoms with Gasteiger partial charge in [0.05, 0.1) is 22.6 Å². The molecule has 0 saturated heterocycles. The number of benzene rings is 3. The number of rotatable bonds is 4. The lowest BCUT2D eigenvalue weighted by Crippen LogP contribution is -2.35. The summed E-state index contributed by atoms with van der Waals surface area (Å²) in [6.45, 7) is 1.72. The van der Waals surface area contributed by atoms with Crippen molar-refractivity contribution < 1.29 is 4.42 Å². The second-order valence-corrected chi connectivity index (χ2v) is 10.5.